The molecule has 162 valence electrons. The van der Waals surface area contributed by atoms with Crippen molar-refractivity contribution >= 4 is 23.1 Å². The van der Waals surface area contributed by atoms with E-state index < -0.39 is 35.0 Å². The smallest absolute Gasteiger partial charge is 0.295 e. The van der Waals surface area contributed by atoms with Gasteiger partial charge < -0.3 is 24.6 Å². The summed E-state index contributed by atoms with van der Waals surface area (Å²) in [6.45, 7) is -0.533. The maximum absolute atomic E-state index is 12.8. The van der Waals surface area contributed by atoms with E-state index in [9.17, 15) is 29.9 Å². The van der Waals surface area contributed by atoms with Crippen LogP contribution < -0.4 is 9.47 Å². The molecule has 2 aromatic carbocycles. The Morgan fingerprint density at radius 1 is 1.10 bits per heavy atom. The first-order valence-electron chi connectivity index (χ1n) is 9.20. The average Bonchev–Trinajstić information content (AvgIpc) is 3.03. The second-order valence-corrected chi connectivity index (χ2v) is 6.63. The molecule has 10 nitrogen and oxygen atoms in total. The van der Waals surface area contributed by atoms with Gasteiger partial charge in [-0.05, 0) is 29.8 Å². The first-order chi connectivity index (χ1) is 14.8. The highest BCUT2D eigenvalue weighted by Gasteiger charge is 2.46. The van der Waals surface area contributed by atoms with Crippen molar-refractivity contribution < 1.29 is 34.2 Å². The summed E-state index contributed by atoms with van der Waals surface area (Å²) < 4.78 is 10.5. The number of rotatable bonds is 7. The fraction of sp³-hybridized carbons (Fsp3) is 0.238. The molecule has 0 saturated carbocycles. The monoisotopic (exact) mass is 428 g/mol. The van der Waals surface area contributed by atoms with Crippen molar-refractivity contribution in [2.75, 3.05) is 27.4 Å². The van der Waals surface area contributed by atoms with Gasteiger partial charge in [-0.15, -0.1) is 0 Å². The zero-order chi connectivity index (χ0) is 22.7. The summed E-state index contributed by atoms with van der Waals surface area (Å²) in [6, 6.07) is 8.74. The summed E-state index contributed by atoms with van der Waals surface area (Å²) in [5.41, 5.74) is 0.208. The molecule has 3 rings (SSSR count). The second kappa shape index (κ2) is 8.84. The number of likely N-dealkylation sites (tertiary alicyclic amines) is 1. The molecule has 0 spiro atoms. The molecule has 2 aromatic rings. The molecule has 1 atom stereocenters. The number of amides is 1. The first kappa shape index (κ1) is 21.8. The number of ketones is 1. The van der Waals surface area contributed by atoms with Gasteiger partial charge in [0, 0.05) is 24.2 Å². The molecular formula is C21H20N2O8. The van der Waals surface area contributed by atoms with E-state index in [0.717, 1.165) is 4.90 Å². The third-order valence-electron chi connectivity index (χ3n) is 4.96. The number of hydrogen-bond donors (Lipinski definition) is 2. The van der Waals surface area contributed by atoms with Gasteiger partial charge in [0.1, 0.15) is 5.76 Å². The molecule has 10 heteroatoms. The van der Waals surface area contributed by atoms with E-state index in [-0.39, 0.29) is 23.4 Å². The van der Waals surface area contributed by atoms with Crippen molar-refractivity contribution in [1.29, 1.82) is 0 Å². The number of aliphatic hydroxyl groups excluding tert-OH is 2. The van der Waals surface area contributed by atoms with E-state index in [4.69, 9.17) is 9.47 Å². The fourth-order valence-corrected chi connectivity index (χ4v) is 3.48. The molecule has 0 radical (unpaired) electrons. The van der Waals surface area contributed by atoms with Crippen LogP contribution in [0.1, 0.15) is 17.2 Å². The third-order valence-corrected chi connectivity index (χ3v) is 4.96. The van der Waals surface area contributed by atoms with Crippen molar-refractivity contribution in [1.82, 2.24) is 4.90 Å². The van der Waals surface area contributed by atoms with E-state index in [2.05, 4.69) is 0 Å². The molecule has 1 unspecified atom stereocenters. The van der Waals surface area contributed by atoms with E-state index >= 15 is 0 Å². The first-order valence-corrected chi connectivity index (χ1v) is 9.20. The van der Waals surface area contributed by atoms with Gasteiger partial charge in [-0.2, -0.15) is 0 Å². The number of benzene rings is 2. The molecule has 1 aliphatic rings. The number of nitro groups is 1. The average molecular weight is 428 g/mol. The van der Waals surface area contributed by atoms with Gasteiger partial charge in [0.15, 0.2) is 11.5 Å². The Kier molecular flexibility index (Phi) is 6.21. The summed E-state index contributed by atoms with van der Waals surface area (Å²) in [5.74, 6) is -1.50. The van der Waals surface area contributed by atoms with E-state index in [0.29, 0.717) is 17.1 Å². The van der Waals surface area contributed by atoms with Gasteiger partial charge in [-0.1, -0.05) is 6.07 Å². The van der Waals surface area contributed by atoms with Gasteiger partial charge in [0.25, 0.3) is 17.4 Å². The van der Waals surface area contributed by atoms with Crippen LogP contribution in [0.4, 0.5) is 5.69 Å². The van der Waals surface area contributed by atoms with Crippen LogP contribution in [-0.4, -0.2) is 59.1 Å². The molecule has 0 aromatic heterocycles. The van der Waals surface area contributed by atoms with Crippen molar-refractivity contribution in [3.05, 3.63) is 69.3 Å². The van der Waals surface area contributed by atoms with Crippen LogP contribution in [-0.2, 0) is 9.59 Å². The van der Waals surface area contributed by atoms with Crippen LogP contribution in [0.3, 0.4) is 0 Å². The highest BCUT2D eigenvalue weighted by molar-refractivity contribution is 6.46. The number of ether oxygens (including phenoxy) is 2. The SMILES string of the molecule is COc1ccc(C2/C(=C(/O)c3ccc([N+](=O)[O-])cc3)C(=O)C(=O)N2CCO)cc1OC. The van der Waals surface area contributed by atoms with Crippen molar-refractivity contribution in [3.63, 3.8) is 0 Å². The number of β-amino-alcohol motifs (C(OH)–C–C–N with tert-alkyl or cyclic N) is 1. The zero-order valence-electron chi connectivity index (χ0n) is 16.8. The maximum Gasteiger partial charge on any atom is 0.295 e. The minimum atomic E-state index is -0.998. The fourth-order valence-electron chi connectivity index (χ4n) is 3.48. The number of nitrogens with zero attached hydrogens (tertiary/aromatic N) is 2. The highest BCUT2D eigenvalue weighted by atomic mass is 16.6. The lowest BCUT2D eigenvalue weighted by Crippen LogP contribution is -2.32. The number of carbonyl (C=O) groups excluding carboxylic acids is 2. The summed E-state index contributed by atoms with van der Waals surface area (Å²) >= 11 is 0. The predicted octanol–water partition coefficient (Wildman–Crippen LogP) is 2.03. The van der Waals surface area contributed by atoms with Crippen LogP contribution in [0.5, 0.6) is 11.5 Å². The van der Waals surface area contributed by atoms with Gasteiger partial charge in [-0.25, -0.2) is 0 Å². The molecule has 1 fully saturated rings. The summed E-state index contributed by atoms with van der Waals surface area (Å²) in [6.07, 6.45) is 0. The molecule has 1 aliphatic heterocycles. The van der Waals surface area contributed by atoms with Gasteiger partial charge >= 0.3 is 0 Å². The van der Waals surface area contributed by atoms with Crippen LogP contribution in [0.2, 0.25) is 0 Å². The van der Waals surface area contributed by atoms with E-state index in [1.165, 1.54) is 38.5 Å². The lowest BCUT2D eigenvalue weighted by atomic mass is 9.95. The van der Waals surface area contributed by atoms with E-state index in [1.54, 1.807) is 18.2 Å². The third kappa shape index (κ3) is 3.92. The number of methoxy groups -OCH3 is 2. The number of hydrogen-bond acceptors (Lipinski definition) is 8. The number of non-ortho nitro benzene ring substituents is 1. The predicted molar refractivity (Wildman–Crippen MR) is 109 cm³/mol. The van der Waals surface area contributed by atoms with Crippen LogP contribution in [0, 0.1) is 10.1 Å². The Bertz CT molecular complexity index is 1060. The van der Waals surface area contributed by atoms with Gasteiger partial charge in [0.2, 0.25) is 0 Å². The normalized spacial score (nSPS) is 17.6. The molecule has 31 heavy (non-hydrogen) atoms. The second-order valence-electron chi connectivity index (χ2n) is 6.63. The quantitative estimate of drug-likeness (QED) is 0.224. The number of Topliss-reactive ketones (excluding diaryl/α,β-unsaturated/α-hetero) is 1. The standard InChI is InChI=1S/C21H20N2O8/c1-30-15-8-5-13(11-16(15)31-2)18-17(20(26)21(27)22(18)9-10-24)19(25)12-3-6-14(7-4-12)23(28)29/h3-8,11,18,24-25H,9-10H2,1-2H3/b19-17-. The molecule has 0 aliphatic carbocycles. The Labute approximate surface area is 177 Å². The Morgan fingerprint density at radius 3 is 2.29 bits per heavy atom. The van der Waals surface area contributed by atoms with Gasteiger partial charge in [0.05, 0.1) is 37.4 Å². The largest absolute Gasteiger partial charge is 0.507 e. The lowest BCUT2D eigenvalue weighted by Gasteiger charge is -2.25. The van der Waals surface area contributed by atoms with Crippen LogP contribution in [0.25, 0.3) is 5.76 Å². The Morgan fingerprint density at radius 2 is 1.74 bits per heavy atom. The molecule has 2 N–H and O–H groups in total. The highest BCUT2D eigenvalue weighted by Crippen LogP contribution is 2.41. The van der Waals surface area contributed by atoms with E-state index in [1.807, 2.05) is 0 Å². The summed E-state index contributed by atoms with van der Waals surface area (Å²) in [4.78, 5) is 36.8. The maximum atomic E-state index is 12.8. The van der Waals surface area contributed by atoms with Gasteiger partial charge in [-0.3, -0.25) is 19.7 Å². The van der Waals surface area contributed by atoms with Crippen molar-refractivity contribution in [2.45, 2.75) is 6.04 Å². The molecule has 1 amide bonds. The molecule has 0 bridgehead atoms. The minimum absolute atomic E-state index is 0.137. The molecule has 1 saturated heterocycles. The number of nitro benzene ring substituents is 1. The number of carbonyl (C=O) groups is 2. The van der Waals surface area contributed by atoms with Crippen LogP contribution in [0.15, 0.2) is 48.0 Å². The van der Waals surface area contributed by atoms with Crippen molar-refractivity contribution in [3.8, 4) is 11.5 Å². The number of aliphatic hydroxyl groups is 2. The van der Waals surface area contributed by atoms with Crippen molar-refractivity contribution in [2.24, 2.45) is 0 Å². The molecular weight excluding hydrogens is 408 g/mol. The summed E-state index contributed by atoms with van der Waals surface area (Å²) in [7, 11) is 2.90. The minimum Gasteiger partial charge on any atom is -0.507 e. The summed E-state index contributed by atoms with van der Waals surface area (Å²) in [5, 5.41) is 31.2. The molecule has 1 heterocycles. The Balaban J connectivity index is 2.18. The Hall–Kier alpha value is -3.92. The van der Waals surface area contributed by atoms with Crippen LogP contribution >= 0.6 is 0 Å². The zero-order valence-corrected chi connectivity index (χ0v) is 16.8. The topological polar surface area (TPSA) is 139 Å². The lowest BCUT2D eigenvalue weighted by molar-refractivity contribution is -0.384.